The molecule has 5 heterocycles. The number of rotatable bonds is 7. The Morgan fingerprint density at radius 2 is 1.81 bits per heavy atom. The highest BCUT2D eigenvalue weighted by molar-refractivity contribution is 5.93. The lowest BCUT2D eigenvalue weighted by atomic mass is 10.0. The van der Waals surface area contributed by atoms with Crippen LogP contribution in [0.15, 0.2) is 65.3 Å². The Morgan fingerprint density at radius 1 is 1.02 bits per heavy atom. The van der Waals surface area contributed by atoms with E-state index in [4.69, 9.17) is 4.42 Å². The fraction of sp³-hybridized carbons (Fsp3) is 0.259. The van der Waals surface area contributed by atoms with Crippen molar-refractivity contribution in [2.75, 3.05) is 31.5 Å². The first kappa shape index (κ1) is 27.0. The van der Waals surface area contributed by atoms with Gasteiger partial charge in [0.1, 0.15) is 17.0 Å². The predicted molar refractivity (Wildman–Crippen MR) is 144 cm³/mol. The lowest BCUT2D eigenvalue weighted by molar-refractivity contribution is -0.114. The summed E-state index contributed by atoms with van der Waals surface area (Å²) in [4.78, 5) is 41.7. The van der Waals surface area contributed by atoms with Crippen molar-refractivity contribution in [1.29, 1.82) is 0 Å². The van der Waals surface area contributed by atoms with E-state index in [1.165, 1.54) is 19.3 Å². The lowest BCUT2D eigenvalue weighted by Crippen LogP contribution is -2.50. The Bertz CT molecular complexity index is 1730. The number of halogens is 2. The number of hydrogen-bond acceptors (Lipinski definition) is 10. The minimum atomic E-state index is -2.90. The molecular weight excluding hydrogens is 550 g/mol. The summed E-state index contributed by atoms with van der Waals surface area (Å²) < 4.78 is 32.1. The first-order chi connectivity index (χ1) is 20.4. The quantitative estimate of drug-likeness (QED) is 0.307. The number of fused-ring (bicyclic) bond motifs is 1. The summed E-state index contributed by atoms with van der Waals surface area (Å²) in [5, 5.41) is 13.9. The molecule has 15 heteroatoms. The number of alkyl halides is 2. The second-order valence-corrected chi connectivity index (χ2v) is 9.55. The van der Waals surface area contributed by atoms with Crippen molar-refractivity contribution in [3.8, 4) is 11.5 Å². The van der Waals surface area contributed by atoms with Gasteiger partial charge in [0.05, 0.1) is 12.2 Å². The van der Waals surface area contributed by atoms with Gasteiger partial charge in [0, 0.05) is 50.9 Å². The Labute approximate surface area is 237 Å². The molecule has 214 valence electrons. The molecule has 1 N–H and O–H groups in total. The highest BCUT2D eigenvalue weighted by Gasteiger charge is 2.32. The van der Waals surface area contributed by atoms with E-state index >= 15 is 0 Å². The normalized spacial score (nSPS) is 14.8. The minimum absolute atomic E-state index is 0.161. The Hall–Kier alpha value is -5.18. The molecule has 1 aliphatic heterocycles. The summed E-state index contributed by atoms with van der Waals surface area (Å²) in [7, 11) is 0. The van der Waals surface area contributed by atoms with E-state index in [1.54, 1.807) is 23.1 Å². The van der Waals surface area contributed by atoms with Crippen molar-refractivity contribution in [3.63, 3.8) is 0 Å². The third kappa shape index (κ3) is 5.54. The molecule has 1 aromatic carbocycles. The number of nitrogens with zero attached hydrogens (tertiary/aromatic N) is 9. The largest absolute Gasteiger partial charge is 0.434 e. The summed E-state index contributed by atoms with van der Waals surface area (Å²) >= 11 is 0. The number of hydrogen-bond donors (Lipinski definition) is 1. The van der Waals surface area contributed by atoms with Crippen LogP contribution < -0.4 is 5.32 Å². The van der Waals surface area contributed by atoms with Gasteiger partial charge in [0.2, 0.25) is 11.8 Å². The highest BCUT2D eigenvalue weighted by atomic mass is 19.3. The van der Waals surface area contributed by atoms with Crippen molar-refractivity contribution in [2.45, 2.75) is 19.5 Å². The van der Waals surface area contributed by atoms with Crippen molar-refractivity contribution >= 4 is 28.7 Å². The van der Waals surface area contributed by atoms with E-state index in [-0.39, 0.29) is 29.2 Å². The van der Waals surface area contributed by atoms with Gasteiger partial charge in [-0.2, -0.15) is 8.78 Å². The van der Waals surface area contributed by atoms with E-state index < -0.39 is 12.6 Å². The second kappa shape index (κ2) is 11.4. The van der Waals surface area contributed by atoms with Crippen LogP contribution in [0.5, 0.6) is 0 Å². The van der Waals surface area contributed by atoms with Gasteiger partial charge >= 0.3 is 6.55 Å². The minimum Gasteiger partial charge on any atom is -0.434 e. The van der Waals surface area contributed by atoms with Gasteiger partial charge in [0.25, 0.3) is 5.91 Å². The molecule has 42 heavy (non-hydrogen) atoms. The third-order valence-corrected chi connectivity index (χ3v) is 6.75. The fourth-order valence-corrected chi connectivity index (χ4v) is 4.82. The standard InChI is InChI=1S/C27H24F2N10O3/c1-16(40)32-22-14-19-21(15-31-22)42-25(33-19)18-7-8-30-20(13-18)26(41)38-11-9-37(10-12-38)23(17-5-3-2-4-6-17)24-34-36-39(35-24)27(28)29/h2-8,13-15,23,27H,9-12H2,1H3,(H,31,32,40)/t23-/m1/s1. The van der Waals surface area contributed by atoms with Crippen LogP contribution in [0.4, 0.5) is 14.6 Å². The molecule has 6 rings (SSSR count). The Balaban J connectivity index is 1.18. The second-order valence-electron chi connectivity index (χ2n) is 9.55. The number of benzene rings is 1. The third-order valence-electron chi connectivity index (χ3n) is 6.75. The van der Waals surface area contributed by atoms with E-state index in [1.807, 2.05) is 35.2 Å². The van der Waals surface area contributed by atoms with Gasteiger partial charge in [-0.25, -0.2) is 9.97 Å². The number of piperazine rings is 1. The summed E-state index contributed by atoms with van der Waals surface area (Å²) in [5.74, 6) is 0.274. The number of pyridine rings is 2. The van der Waals surface area contributed by atoms with Crippen molar-refractivity contribution in [1.82, 2.24) is 45.0 Å². The van der Waals surface area contributed by atoms with Crippen molar-refractivity contribution < 1.29 is 22.8 Å². The molecule has 5 aromatic rings. The van der Waals surface area contributed by atoms with Crippen molar-refractivity contribution in [2.24, 2.45) is 0 Å². The Kier molecular flexibility index (Phi) is 7.31. The molecular formula is C27H24F2N10O3. The molecule has 1 aliphatic rings. The molecule has 2 amide bonds. The molecule has 0 spiro atoms. The van der Waals surface area contributed by atoms with E-state index in [0.29, 0.717) is 53.5 Å². The van der Waals surface area contributed by atoms with Crippen LogP contribution in [-0.2, 0) is 4.79 Å². The zero-order valence-electron chi connectivity index (χ0n) is 22.3. The molecule has 0 bridgehead atoms. The van der Waals surface area contributed by atoms with Gasteiger partial charge in [-0.3, -0.25) is 19.5 Å². The molecule has 1 saturated heterocycles. The number of anilines is 1. The van der Waals surface area contributed by atoms with Gasteiger partial charge in [-0.05, 0) is 22.9 Å². The smallest absolute Gasteiger partial charge is 0.350 e. The molecule has 1 atom stereocenters. The van der Waals surface area contributed by atoms with Crippen molar-refractivity contribution in [3.05, 3.63) is 78.0 Å². The number of carbonyl (C=O) groups excluding carboxylic acids is 2. The topological polar surface area (TPSA) is 148 Å². The van der Waals surface area contributed by atoms with Crippen LogP contribution in [-0.4, -0.2) is 83.0 Å². The number of aromatic nitrogens is 7. The number of carbonyl (C=O) groups is 2. The highest BCUT2D eigenvalue weighted by Crippen LogP contribution is 2.29. The summed E-state index contributed by atoms with van der Waals surface area (Å²) in [6, 6.07) is 13.7. The molecule has 13 nitrogen and oxygen atoms in total. The average molecular weight is 575 g/mol. The number of tetrazole rings is 1. The van der Waals surface area contributed by atoms with Gasteiger partial charge in [-0.1, -0.05) is 35.1 Å². The number of nitrogens with one attached hydrogen (secondary N) is 1. The first-order valence-electron chi connectivity index (χ1n) is 13.0. The van der Waals surface area contributed by atoms with E-state index in [0.717, 1.165) is 5.56 Å². The van der Waals surface area contributed by atoms with Gasteiger partial charge in [-0.15, -0.1) is 10.2 Å². The van der Waals surface area contributed by atoms with Gasteiger partial charge in [0.15, 0.2) is 11.4 Å². The van der Waals surface area contributed by atoms with E-state index in [9.17, 15) is 18.4 Å². The maximum Gasteiger partial charge on any atom is 0.350 e. The predicted octanol–water partition coefficient (Wildman–Crippen LogP) is 3.17. The van der Waals surface area contributed by atoms with Crippen LogP contribution in [0, 0.1) is 0 Å². The summed E-state index contributed by atoms with van der Waals surface area (Å²) in [6.07, 6.45) is 2.98. The van der Waals surface area contributed by atoms with Crippen LogP contribution in [0.2, 0.25) is 0 Å². The van der Waals surface area contributed by atoms with Crippen LogP contribution in [0.1, 0.15) is 41.4 Å². The lowest BCUT2D eigenvalue weighted by Gasteiger charge is -2.38. The molecule has 1 fully saturated rings. The maximum absolute atomic E-state index is 13.4. The SMILES string of the molecule is CC(=O)Nc1cc2nc(-c3ccnc(C(=O)N4CCN([C@H](c5ccccc5)c5nnn(C(F)F)n5)CC4)c3)oc2cn1. The van der Waals surface area contributed by atoms with Crippen LogP contribution >= 0.6 is 0 Å². The monoisotopic (exact) mass is 574 g/mol. The van der Waals surface area contributed by atoms with Gasteiger partial charge < -0.3 is 14.6 Å². The molecule has 4 aromatic heterocycles. The number of oxazole rings is 1. The molecule has 0 radical (unpaired) electrons. The number of amides is 2. The van der Waals surface area contributed by atoms with Crippen LogP contribution in [0.25, 0.3) is 22.6 Å². The average Bonchev–Trinajstić information content (AvgIpc) is 3.66. The Morgan fingerprint density at radius 3 is 2.52 bits per heavy atom. The molecule has 0 aliphatic carbocycles. The fourth-order valence-electron chi connectivity index (χ4n) is 4.82. The molecule has 0 unspecified atom stereocenters. The first-order valence-corrected chi connectivity index (χ1v) is 13.0. The van der Waals surface area contributed by atoms with E-state index in [2.05, 4.69) is 35.7 Å². The summed E-state index contributed by atoms with van der Waals surface area (Å²) in [5.41, 5.74) is 2.54. The zero-order chi connectivity index (χ0) is 29.2. The maximum atomic E-state index is 13.4. The zero-order valence-corrected chi connectivity index (χ0v) is 22.3. The molecule has 0 saturated carbocycles. The van der Waals surface area contributed by atoms with Crippen LogP contribution in [0.3, 0.4) is 0 Å². The summed E-state index contributed by atoms with van der Waals surface area (Å²) in [6.45, 7) is 0.130.